The summed E-state index contributed by atoms with van der Waals surface area (Å²) in [6, 6.07) is 89.5. The summed E-state index contributed by atoms with van der Waals surface area (Å²) in [5, 5.41) is 10.00. The van der Waals surface area contributed by atoms with Gasteiger partial charge in [-0.3, -0.25) is 46.8 Å². The molecule has 6 fully saturated rings. The van der Waals surface area contributed by atoms with E-state index < -0.39 is 0 Å². The van der Waals surface area contributed by atoms with Crippen molar-refractivity contribution >= 4 is 34.8 Å². The zero-order chi connectivity index (χ0) is 98.7. The van der Waals surface area contributed by atoms with Crippen molar-refractivity contribution in [3.8, 4) is 79.6 Å². The Hall–Kier alpha value is -15.1. The van der Waals surface area contributed by atoms with Crippen LogP contribution in [0, 0.1) is 0 Å². The summed E-state index contributed by atoms with van der Waals surface area (Å²) in [4.78, 5) is 104. The number of aromatic nitrogens is 7. The average molecular weight is 1950 g/mol. The molecule has 3 amide bonds. The number of pyridine rings is 1. The molecule has 144 heavy (non-hydrogen) atoms. The summed E-state index contributed by atoms with van der Waals surface area (Å²) in [7, 11) is 0. The van der Waals surface area contributed by atoms with E-state index in [-0.39, 0.29) is 60.5 Å². The SMILES string of the molecule is CC(C)OCCOc1cccc(Cn2c(C(=O)N3CCNCC3)c(-c3ccccc3)n(-c3cccc(N4CCOCC4)c3)c2=O)c1.O=C(c1c(-c2ccccc2)n(-c2cccc(N3CCOCC3)c2)c(=O)n1Cc1cccc(OCCOc2ccccc2)c1)N1CCNCC1.O=C(c1c(-c2ccccc2)n(-c2cccc(N3CCOCC3)c2)c(=O)n1Cc1cccc(OCCOc2cccnc2)c1)N1CCNCC1. The number of carbonyl (C=O) groups is 3. The van der Waals surface area contributed by atoms with Crippen LogP contribution in [0.3, 0.4) is 0 Å². The molecule has 0 radical (unpaired) electrons. The molecule has 0 saturated carbocycles. The number of carbonyl (C=O) groups excluding carboxylic acids is 3. The second kappa shape index (κ2) is 49.1. The van der Waals surface area contributed by atoms with Gasteiger partial charge in [-0.1, -0.05) is 164 Å². The van der Waals surface area contributed by atoms with Gasteiger partial charge in [-0.25, -0.2) is 14.4 Å². The van der Waals surface area contributed by atoms with Crippen LogP contribution in [0.2, 0.25) is 0 Å². The number of piperazine rings is 3. The third-order valence-corrected chi connectivity index (χ3v) is 25.9. The predicted molar refractivity (Wildman–Crippen MR) is 558 cm³/mol. The molecular weight excluding hydrogens is 1820 g/mol. The molecule has 31 nitrogen and oxygen atoms in total. The van der Waals surface area contributed by atoms with Crippen LogP contribution < -0.4 is 71.4 Å². The van der Waals surface area contributed by atoms with Gasteiger partial charge in [-0.2, -0.15) is 0 Å². The standard InChI is InChI=1S/C39H41N5O5.C38H40N6O5.C36H43N5O5/c45-38(42-19-17-40-18-20-42)37-36(31-10-3-1-4-11-31)44(33-13-8-12-32(28-33)41-21-23-47-24-22-41)39(46)43(37)29-30-9-7-16-35(27-30)49-26-25-48-34-14-5-2-6-15-34;45-37(42-17-15-39-16-18-42)36-35(30-8-2-1-3-9-30)44(32-11-5-10-31(26-32)41-19-21-47-22-20-41)38(46)43(36)28-29-7-4-12-33(25-29)48-23-24-49-34-13-6-14-40-27-34;1-27(2)45-22-23-46-32-13-6-8-28(24-32)26-40-34(35(42)39-16-14-37-15-17-39)33(29-9-4-3-5-10-29)41(36(40)43)31-12-7-11-30(25-31)38-18-20-44-21-19-38/h1-16,27-28,40H,17-26,29H2;1-14,25-27,39H,15-24,28H2;3-13,24-25,27,37H,14-23,26H2,1-2H3. The minimum atomic E-state index is -0.285. The lowest BCUT2D eigenvalue weighted by atomic mass is 10.1. The van der Waals surface area contributed by atoms with Crippen LogP contribution in [0.4, 0.5) is 17.1 Å². The second-order valence-electron chi connectivity index (χ2n) is 35.9. The van der Waals surface area contributed by atoms with Crippen LogP contribution >= 0.6 is 0 Å². The predicted octanol–water partition coefficient (Wildman–Crippen LogP) is 12.8. The third-order valence-electron chi connectivity index (χ3n) is 25.9. The number of imidazole rings is 3. The van der Waals surface area contributed by atoms with Crippen molar-refractivity contribution in [3.63, 3.8) is 0 Å². The number of hydrogen-bond acceptors (Lipinski definition) is 22. The minimum absolute atomic E-state index is 0.130. The molecule has 10 heterocycles. The fourth-order valence-electron chi connectivity index (χ4n) is 18.8. The fraction of sp³-hybridized carbons (Fsp3) is 0.319. The molecule has 6 aliphatic rings. The van der Waals surface area contributed by atoms with Crippen molar-refractivity contribution in [1.82, 2.24) is 63.0 Å². The van der Waals surface area contributed by atoms with E-state index in [1.807, 2.05) is 289 Å². The quantitative estimate of drug-likeness (QED) is 0.0322. The highest BCUT2D eigenvalue weighted by molar-refractivity contribution is 6.01. The first-order chi connectivity index (χ1) is 70.8. The maximum Gasteiger partial charge on any atom is 0.334 e. The number of para-hydroxylation sites is 1. The first-order valence-corrected chi connectivity index (χ1v) is 49.8. The number of morpholine rings is 3. The van der Waals surface area contributed by atoms with Crippen molar-refractivity contribution in [3.05, 3.63) is 357 Å². The molecule has 6 saturated heterocycles. The zero-order valence-electron chi connectivity index (χ0n) is 81.6. The van der Waals surface area contributed by atoms with Gasteiger partial charge in [0.1, 0.15) is 78.9 Å². The lowest BCUT2D eigenvalue weighted by Gasteiger charge is -2.29. The molecule has 0 bridgehead atoms. The van der Waals surface area contributed by atoms with Gasteiger partial charge in [-0.05, 0) is 146 Å². The van der Waals surface area contributed by atoms with Crippen LogP contribution in [-0.4, -0.2) is 268 Å². The maximum absolute atomic E-state index is 14.8. The van der Waals surface area contributed by atoms with E-state index in [9.17, 15) is 28.8 Å². The van der Waals surface area contributed by atoms with Gasteiger partial charge in [0, 0.05) is 158 Å². The molecule has 20 rings (SSSR count). The number of benzene rings is 10. The van der Waals surface area contributed by atoms with Gasteiger partial charge in [-0.15, -0.1) is 0 Å². The van der Waals surface area contributed by atoms with Gasteiger partial charge in [0.15, 0.2) is 0 Å². The van der Waals surface area contributed by atoms with Crippen molar-refractivity contribution in [2.45, 2.75) is 39.6 Å². The first-order valence-electron chi connectivity index (χ1n) is 49.8. The van der Waals surface area contributed by atoms with E-state index >= 15 is 0 Å². The van der Waals surface area contributed by atoms with E-state index in [2.05, 4.69) is 53.8 Å². The van der Waals surface area contributed by atoms with Crippen molar-refractivity contribution in [2.75, 3.05) is 212 Å². The normalized spacial score (nSPS) is 15.0. The molecule has 746 valence electrons. The number of nitrogens with zero attached hydrogens (tertiary/aromatic N) is 13. The van der Waals surface area contributed by atoms with Crippen molar-refractivity contribution in [2.24, 2.45) is 0 Å². The van der Waals surface area contributed by atoms with E-state index in [1.165, 1.54) is 0 Å². The summed E-state index contributed by atoms with van der Waals surface area (Å²) >= 11 is 0. The number of nitrogens with one attached hydrogen (secondary N) is 3. The molecule has 0 atom stereocenters. The lowest BCUT2D eigenvalue weighted by Crippen LogP contribution is -2.47. The lowest BCUT2D eigenvalue weighted by molar-refractivity contribution is 0.0552. The molecule has 4 aromatic heterocycles. The Bertz CT molecular complexity index is 6500. The van der Waals surface area contributed by atoms with Gasteiger partial charge >= 0.3 is 17.1 Å². The molecule has 3 N–H and O–H groups in total. The minimum Gasteiger partial charge on any atom is -0.491 e. The smallest absolute Gasteiger partial charge is 0.334 e. The van der Waals surface area contributed by atoms with Gasteiger partial charge in [0.25, 0.3) is 17.7 Å². The van der Waals surface area contributed by atoms with Crippen molar-refractivity contribution in [1.29, 1.82) is 0 Å². The highest BCUT2D eigenvalue weighted by Crippen LogP contribution is 2.36. The summed E-state index contributed by atoms with van der Waals surface area (Å²) in [5.74, 6) is 2.98. The average Bonchev–Trinajstić information content (AvgIpc) is 1.60. The molecule has 31 heteroatoms. The number of rotatable bonds is 33. The van der Waals surface area contributed by atoms with Gasteiger partial charge in [0.2, 0.25) is 0 Å². The van der Waals surface area contributed by atoms with E-state index in [1.54, 1.807) is 39.8 Å². The Morgan fingerprint density at radius 2 is 0.583 bits per heavy atom. The molecule has 14 aromatic rings. The zero-order valence-corrected chi connectivity index (χ0v) is 81.6. The molecule has 6 aliphatic heterocycles. The summed E-state index contributed by atoms with van der Waals surface area (Å²) in [6.45, 7) is 23.1. The molecular formula is C113H124N16O15. The first kappa shape index (κ1) is 99.1. The maximum atomic E-state index is 14.8. The highest BCUT2D eigenvalue weighted by atomic mass is 16.5. The number of ether oxygens (including phenoxy) is 9. The molecule has 10 aromatic carbocycles. The summed E-state index contributed by atoms with van der Waals surface area (Å²) in [5.41, 5.74) is 12.1. The summed E-state index contributed by atoms with van der Waals surface area (Å²) in [6.07, 6.45) is 3.49. The number of hydrogen-bond donors (Lipinski definition) is 3. The van der Waals surface area contributed by atoms with Crippen LogP contribution in [0.1, 0.15) is 62.0 Å². The number of amides is 3. The van der Waals surface area contributed by atoms with Gasteiger partial charge < -0.3 is 88.0 Å². The van der Waals surface area contributed by atoms with Crippen molar-refractivity contribution < 1.29 is 57.0 Å². The Kier molecular flexibility index (Phi) is 33.8. The van der Waals surface area contributed by atoms with E-state index in [0.29, 0.717) is 232 Å². The molecule has 0 aliphatic carbocycles. The third kappa shape index (κ3) is 24.6. The van der Waals surface area contributed by atoms with E-state index in [4.69, 9.17) is 42.6 Å². The van der Waals surface area contributed by atoms with Crippen LogP contribution in [-0.2, 0) is 38.6 Å². The second-order valence-corrected chi connectivity index (χ2v) is 35.9. The fourth-order valence-corrected chi connectivity index (χ4v) is 18.8. The highest BCUT2D eigenvalue weighted by Gasteiger charge is 2.36. The van der Waals surface area contributed by atoms with E-state index in [0.717, 1.165) is 95.5 Å². The Morgan fingerprint density at radius 1 is 0.306 bits per heavy atom. The van der Waals surface area contributed by atoms with Crippen LogP contribution in [0.25, 0.3) is 50.8 Å². The largest absolute Gasteiger partial charge is 0.491 e. The number of anilines is 3. The van der Waals surface area contributed by atoms with Crippen LogP contribution in [0.15, 0.2) is 306 Å². The Morgan fingerprint density at radius 3 is 0.896 bits per heavy atom. The Labute approximate surface area is 837 Å². The molecule has 0 spiro atoms. The summed E-state index contributed by atoms with van der Waals surface area (Å²) < 4.78 is 61.9. The van der Waals surface area contributed by atoms with Gasteiger partial charge in [0.05, 0.1) is 112 Å². The van der Waals surface area contributed by atoms with Crippen LogP contribution in [0.5, 0.6) is 28.7 Å². The monoisotopic (exact) mass is 1940 g/mol. The molecule has 0 unspecified atom stereocenters. The Balaban J connectivity index is 0.000000142. The topological polar surface area (TPSA) is 283 Å².